The molecular formula is C20H21N3O2. The fourth-order valence-corrected chi connectivity index (χ4v) is 4.18. The number of hydrogen-bond acceptors (Lipinski definition) is 4. The monoisotopic (exact) mass is 335 g/mol. The first-order valence-corrected chi connectivity index (χ1v) is 8.55. The Kier molecular flexibility index (Phi) is 3.48. The fraction of sp³-hybridized carbons (Fsp3) is 0.400. The molecule has 0 saturated carbocycles. The second kappa shape index (κ2) is 5.47. The van der Waals surface area contributed by atoms with Crippen molar-refractivity contribution in [1.29, 1.82) is 5.26 Å². The molecule has 0 amide bonds. The third-order valence-electron chi connectivity index (χ3n) is 5.29. The molecule has 3 atom stereocenters. The summed E-state index contributed by atoms with van der Waals surface area (Å²) >= 11 is 0. The van der Waals surface area contributed by atoms with Crippen LogP contribution in [0.2, 0.25) is 0 Å². The van der Waals surface area contributed by atoms with Crippen molar-refractivity contribution in [2.45, 2.75) is 38.8 Å². The molecule has 0 unspecified atom stereocenters. The van der Waals surface area contributed by atoms with E-state index in [9.17, 15) is 10.1 Å². The Morgan fingerprint density at radius 3 is 2.84 bits per heavy atom. The Balaban J connectivity index is 1.93. The summed E-state index contributed by atoms with van der Waals surface area (Å²) in [6.45, 7) is 4.11. The molecule has 1 aliphatic carbocycles. The zero-order valence-corrected chi connectivity index (χ0v) is 14.4. The number of aromatic nitrogens is 1. The van der Waals surface area contributed by atoms with E-state index in [2.05, 4.69) is 24.9 Å². The van der Waals surface area contributed by atoms with Gasteiger partial charge in [0.1, 0.15) is 11.7 Å². The molecule has 2 heterocycles. The van der Waals surface area contributed by atoms with E-state index < -0.39 is 12.1 Å². The molecule has 128 valence electrons. The van der Waals surface area contributed by atoms with Crippen molar-refractivity contribution in [1.82, 2.24) is 4.98 Å². The van der Waals surface area contributed by atoms with Gasteiger partial charge in [-0.25, -0.2) is 0 Å². The Morgan fingerprint density at radius 2 is 2.08 bits per heavy atom. The van der Waals surface area contributed by atoms with Gasteiger partial charge in [0.25, 0.3) is 0 Å². The first kappa shape index (κ1) is 15.9. The molecule has 0 fully saturated rings. The van der Waals surface area contributed by atoms with Gasteiger partial charge in [-0.05, 0) is 17.0 Å². The quantitative estimate of drug-likeness (QED) is 0.836. The average Bonchev–Trinajstić information content (AvgIpc) is 2.96. The number of fused-ring (bicyclic) bond motifs is 1. The number of rotatable bonds is 1. The van der Waals surface area contributed by atoms with Crippen LogP contribution in [0.5, 0.6) is 0 Å². The molecule has 25 heavy (non-hydrogen) atoms. The Labute approximate surface area is 146 Å². The summed E-state index contributed by atoms with van der Waals surface area (Å²) in [6, 6.07) is 10.2. The number of ether oxygens (including phenoxy) is 1. The second-order valence-corrected chi connectivity index (χ2v) is 7.78. The van der Waals surface area contributed by atoms with Crippen molar-refractivity contribution < 1.29 is 9.53 Å². The third-order valence-corrected chi connectivity index (χ3v) is 5.29. The van der Waals surface area contributed by atoms with Crippen LogP contribution in [0.4, 0.5) is 0 Å². The molecule has 5 nitrogen and oxygen atoms in total. The molecule has 1 aliphatic heterocycles. The van der Waals surface area contributed by atoms with Crippen LogP contribution in [0, 0.1) is 22.7 Å². The van der Waals surface area contributed by atoms with Crippen LogP contribution in [0.15, 0.2) is 41.8 Å². The highest BCUT2D eigenvalue weighted by molar-refractivity contribution is 6.00. The van der Waals surface area contributed by atoms with Crippen LogP contribution in [-0.4, -0.2) is 17.0 Å². The molecule has 2 aliphatic rings. The molecule has 2 aromatic rings. The predicted octanol–water partition coefficient (Wildman–Crippen LogP) is 3.35. The Hall–Kier alpha value is -2.58. The summed E-state index contributed by atoms with van der Waals surface area (Å²) in [5, 5.41) is 10.7. The highest BCUT2D eigenvalue weighted by Crippen LogP contribution is 2.49. The molecule has 5 heteroatoms. The smallest absolute Gasteiger partial charge is 0.164 e. The standard InChI is InChI=1S/C20H21N3O2/c1-20(2)7-15(24)18-16(8-20)25-19(22)12(9-21)17(18)13-10-23-14-6-4-3-5-11(13)14/h3-6,10,12,17,19,23H,7-8,22H2,1-2H3/t12-,17-,19+/m1/s1. The van der Waals surface area contributed by atoms with Crippen molar-refractivity contribution in [3.8, 4) is 6.07 Å². The molecule has 0 spiro atoms. The number of para-hydroxylation sites is 1. The van der Waals surface area contributed by atoms with E-state index in [1.807, 2.05) is 30.5 Å². The van der Waals surface area contributed by atoms with Crippen molar-refractivity contribution >= 4 is 16.7 Å². The van der Waals surface area contributed by atoms with Gasteiger partial charge in [-0.1, -0.05) is 32.0 Å². The lowest BCUT2D eigenvalue weighted by Crippen LogP contribution is -2.44. The van der Waals surface area contributed by atoms with Crippen LogP contribution in [0.3, 0.4) is 0 Å². The van der Waals surface area contributed by atoms with Gasteiger partial charge in [0, 0.05) is 41.4 Å². The van der Waals surface area contributed by atoms with Crippen LogP contribution in [0.25, 0.3) is 10.9 Å². The van der Waals surface area contributed by atoms with Crippen molar-refractivity contribution in [2.75, 3.05) is 0 Å². The van der Waals surface area contributed by atoms with E-state index in [1.54, 1.807) is 0 Å². The minimum absolute atomic E-state index is 0.0636. The number of ketones is 1. The van der Waals surface area contributed by atoms with Gasteiger partial charge in [-0.3, -0.25) is 10.5 Å². The summed E-state index contributed by atoms with van der Waals surface area (Å²) in [4.78, 5) is 16.2. The van der Waals surface area contributed by atoms with Crippen molar-refractivity contribution in [3.05, 3.63) is 47.4 Å². The largest absolute Gasteiger partial charge is 0.478 e. The number of H-pyrrole nitrogens is 1. The number of Topliss-reactive ketones (excluding diaryl/α,β-unsaturated/α-hetero) is 1. The van der Waals surface area contributed by atoms with Crippen LogP contribution in [-0.2, 0) is 9.53 Å². The number of aromatic amines is 1. The summed E-state index contributed by atoms with van der Waals surface area (Å²) < 4.78 is 5.84. The van der Waals surface area contributed by atoms with Crippen molar-refractivity contribution in [2.24, 2.45) is 17.1 Å². The lowest BCUT2D eigenvalue weighted by atomic mass is 9.68. The third kappa shape index (κ3) is 2.45. The zero-order valence-electron chi connectivity index (χ0n) is 14.4. The number of carbonyl (C=O) groups is 1. The normalized spacial score (nSPS) is 28.4. The van der Waals surface area contributed by atoms with Crippen LogP contribution >= 0.6 is 0 Å². The number of hydrogen-bond donors (Lipinski definition) is 2. The molecule has 4 rings (SSSR count). The molecule has 0 bridgehead atoms. The first-order valence-electron chi connectivity index (χ1n) is 8.55. The average molecular weight is 335 g/mol. The van der Waals surface area contributed by atoms with Gasteiger partial charge in [-0.15, -0.1) is 0 Å². The Bertz CT molecular complexity index is 932. The topological polar surface area (TPSA) is 91.9 Å². The molecule has 1 aromatic carbocycles. The van der Waals surface area contributed by atoms with Gasteiger partial charge in [-0.2, -0.15) is 5.26 Å². The maximum Gasteiger partial charge on any atom is 0.164 e. The van der Waals surface area contributed by atoms with E-state index in [-0.39, 0.29) is 17.1 Å². The number of nitrogens with zero attached hydrogens (tertiary/aromatic N) is 1. The zero-order chi connectivity index (χ0) is 17.8. The van der Waals surface area contributed by atoms with Crippen LogP contribution < -0.4 is 5.73 Å². The summed E-state index contributed by atoms with van der Waals surface area (Å²) in [5.41, 5.74) is 8.59. The first-order chi connectivity index (χ1) is 11.9. The second-order valence-electron chi connectivity index (χ2n) is 7.78. The lowest BCUT2D eigenvalue weighted by Gasteiger charge is -2.41. The number of nitriles is 1. The lowest BCUT2D eigenvalue weighted by molar-refractivity contribution is -0.120. The van der Waals surface area contributed by atoms with Gasteiger partial charge in [0.05, 0.1) is 6.07 Å². The highest BCUT2D eigenvalue weighted by Gasteiger charge is 2.47. The van der Waals surface area contributed by atoms with Gasteiger partial charge in [0.15, 0.2) is 12.0 Å². The predicted molar refractivity (Wildman–Crippen MR) is 94.3 cm³/mol. The van der Waals surface area contributed by atoms with Gasteiger partial charge < -0.3 is 9.72 Å². The van der Waals surface area contributed by atoms with Crippen LogP contribution in [0.1, 0.15) is 38.2 Å². The van der Waals surface area contributed by atoms with E-state index in [1.165, 1.54) is 0 Å². The number of carbonyl (C=O) groups excluding carboxylic acids is 1. The van der Waals surface area contributed by atoms with E-state index in [4.69, 9.17) is 10.5 Å². The highest BCUT2D eigenvalue weighted by atomic mass is 16.5. The number of nitrogens with one attached hydrogen (secondary N) is 1. The summed E-state index contributed by atoms with van der Waals surface area (Å²) in [7, 11) is 0. The maximum atomic E-state index is 13.0. The molecule has 3 N–H and O–H groups in total. The van der Waals surface area contributed by atoms with E-state index >= 15 is 0 Å². The SMILES string of the molecule is CC1(C)CC(=O)C2=C(C1)O[C@H](N)[C@H](C#N)[C@@H]2c1c[nH]c2ccccc12. The molecule has 0 radical (unpaired) electrons. The van der Waals surface area contributed by atoms with Crippen molar-refractivity contribution in [3.63, 3.8) is 0 Å². The number of nitrogens with two attached hydrogens (primary N) is 1. The number of benzene rings is 1. The van der Waals surface area contributed by atoms with E-state index in [0.29, 0.717) is 24.2 Å². The minimum Gasteiger partial charge on any atom is -0.478 e. The van der Waals surface area contributed by atoms with Gasteiger partial charge in [0.2, 0.25) is 0 Å². The minimum atomic E-state index is -0.732. The maximum absolute atomic E-state index is 13.0. The molecule has 0 saturated heterocycles. The summed E-state index contributed by atoms with van der Waals surface area (Å²) in [6.07, 6.45) is 2.29. The van der Waals surface area contributed by atoms with Gasteiger partial charge >= 0.3 is 0 Å². The molecular weight excluding hydrogens is 314 g/mol. The molecule has 1 aromatic heterocycles. The number of allylic oxidation sites excluding steroid dienone is 2. The Morgan fingerprint density at radius 1 is 1.32 bits per heavy atom. The summed E-state index contributed by atoms with van der Waals surface area (Å²) in [5.74, 6) is -0.226. The van der Waals surface area contributed by atoms with E-state index in [0.717, 1.165) is 16.5 Å². The fourth-order valence-electron chi connectivity index (χ4n) is 4.18.